The highest BCUT2D eigenvalue weighted by atomic mass is 32.1. The average molecular weight is 333 g/mol. The predicted octanol–water partition coefficient (Wildman–Crippen LogP) is 4.65. The van der Waals surface area contributed by atoms with Gasteiger partial charge in [-0.25, -0.2) is 4.98 Å². The van der Waals surface area contributed by atoms with Gasteiger partial charge in [0.05, 0.1) is 15.9 Å². The van der Waals surface area contributed by atoms with Gasteiger partial charge < -0.3 is 5.32 Å². The summed E-state index contributed by atoms with van der Waals surface area (Å²) in [6, 6.07) is 19.6. The van der Waals surface area contributed by atoms with E-state index in [4.69, 9.17) is 0 Å². The molecule has 0 unspecified atom stereocenters. The first-order chi connectivity index (χ1) is 11.7. The van der Waals surface area contributed by atoms with Crippen molar-refractivity contribution in [2.24, 2.45) is 0 Å². The number of nitrogens with zero attached hydrogens (tertiary/aromatic N) is 2. The molecular formula is C19H15N3OS. The summed E-state index contributed by atoms with van der Waals surface area (Å²) in [5.41, 5.74) is 3.71. The molecule has 4 rings (SSSR count). The zero-order chi connectivity index (χ0) is 16.5. The molecule has 0 aliphatic heterocycles. The second-order valence-electron chi connectivity index (χ2n) is 5.46. The molecule has 0 aliphatic rings. The minimum absolute atomic E-state index is 0.0939. The van der Waals surface area contributed by atoms with E-state index < -0.39 is 0 Å². The molecule has 0 radical (unpaired) electrons. The van der Waals surface area contributed by atoms with E-state index in [1.807, 2.05) is 60.8 Å². The molecule has 0 saturated carbocycles. The molecule has 118 valence electrons. The molecule has 24 heavy (non-hydrogen) atoms. The van der Waals surface area contributed by atoms with E-state index in [0.29, 0.717) is 4.88 Å². The van der Waals surface area contributed by atoms with Crippen molar-refractivity contribution in [2.75, 3.05) is 5.32 Å². The third-order valence-electron chi connectivity index (χ3n) is 3.84. The number of amides is 1. The van der Waals surface area contributed by atoms with E-state index in [-0.39, 0.29) is 5.91 Å². The van der Waals surface area contributed by atoms with Gasteiger partial charge in [-0.2, -0.15) is 0 Å². The lowest BCUT2D eigenvalue weighted by molar-refractivity contribution is 0.103. The molecule has 0 saturated heterocycles. The number of para-hydroxylation sites is 1. The van der Waals surface area contributed by atoms with Crippen molar-refractivity contribution in [1.82, 2.24) is 9.55 Å². The van der Waals surface area contributed by atoms with Gasteiger partial charge in [0.15, 0.2) is 0 Å². The van der Waals surface area contributed by atoms with Crippen molar-refractivity contribution < 1.29 is 4.79 Å². The fourth-order valence-corrected chi connectivity index (χ4v) is 3.40. The van der Waals surface area contributed by atoms with Crippen LogP contribution in [-0.2, 0) is 0 Å². The summed E-state index contributed by atoms with van der Waals surface area (Å²) >= 11 is 1.43. The van der Waals surface area contributed by atoms with Crippen LogP contribution in [0.25, 0.3) is 16.7 Å². The van der Waals surface area contributed by atoms with Gasteiger partial charge in [-0.15, -0.1) is 11.3 Å². The first-order valence-electron chi connectivity index (χ1n) is 7.62. The molecule has 0 fully saturated rings. The zero-order valence-corrected chi connectivity index (χ0v) is 13.9. The van der Waals surface area contributed by atoms with Crippen molar-refractivity contribution in [2.45, 2.75) is 6.92 Å². The van der Waals surface area contributed by atoms with Crippen LogP contribution in [-0.4, -0.2) is 15.5 Å². The number of thiophene rings is 1. The van der Waals surface area contributed by atoms with Gasteiger partial charge in [0.2, 0.25) is 0 Å². The SMILES string of the molecule is Cc1nc2cc(NC(=O)c3cccs3)ccc2n1-c1ccccc1. The number of nitrogens with one attached hydrogen (secondary N) is 1. The maximum absolute atomic E-state index is 12.2. The minimum atomic E-state index is -0.0939. The molecule has 0 spiro atoms. The van der Waals surface area contributed by atoms with Crippen LogP contribution in [0.15, 0.2) is 66.0 Å². The summed E-state index contributed by atoms with van der Waals surface area (Å²) in [6.07, 6.45) is 0. The van der Waals surface area contributed by atoms with Crippen LogP contribution in [0.5, 0.6) is 0 Å². The summed E-state index contributed by atoms with van der Waals surface area (Å²) in [4.78, 5) is 17.5. The largest absolute Gasteiger partial charge is 0.321 e. The average Bonchev–Trinajstić information content (AvgIpc) is 3.22. The lowest BCUT2D eigenvalue weighted by Crippen LogP contribution is -2.09. The molecule has 2 aromatic heterocycles. The van der Waals surface area contributed by atoms with Crippen LogP contribution in [0.2, 0.25) is 0 Å². The Hall–Kier alpha value is -2.92. The summed E-state index contributed by atoms with van der Waals surface area (Å²) in [7, 11) is 0. The number of hydrogen-bond donors (Lipinski definition) is 1. The van der Waals surface area contributed by atoms with Crippen LogP contribution < -0.4 is 5.32 Å². The van der Waals surface area contributed by atoms with Gasteiger partial charge in [-0.3, -0.25) is 9.36 Å². The molecule has 4 nitrogen and oxygen atoms in total. The Labute approximate surface area is 143 Å². The number of aryl methyl sites for hydroxylation is 1. The predicted molar refractivity (Wildman–Crippen MR) is 98.1 cm³/mol. The number of benzene rings is 2. The number of aromatic nitrogens is 2. The maximum Gasteiger partial charge on any atom is 0.265 e. The summed E-state index contributed by atoms with van der Waals surface area (Å²) in [5, 5.41) is 4.82. The maximum atomic E-state index is 12.2. The van der Waals surface area contributed by atoms with Crippen LogP contribution in [0.4, 0.5) is 5.69 Å². The van der Waals surface area contributed by atoms with Crippen molar-refractivity contribution in [3.05, 3.63) is 76.7 Å². The van der Waals surface area contributed by atoms with E-state index >= 15 is 0 Å². The number of hydrogen-bond acceptors (Lipinski definition) is 3. The monoisotopic (exact) mass is 333 g/mol. The van der Waals surface area contributed by atoms with Gasteiger partial charge in [0.25, 0.3) is 5.91 Å². The van der Waals surface area contributed by atoms with Crippen LogP contribution in [0.1, 0.15) is 15.5 Å². The summed E-state index contributed by atoms with van der Waals surface area (Å²) in [6.45, 7) is 1.98. The lowest BCUT2D eigenvalue weighted by Gasteiger charge is -2.07. The molecule has 1 N–H and O–H groups in total. The third-order valence-corrected chi connectivity index (χ3v) is 4.71. The van der Waals surface area contributed by atoms with Crippen LogP contribution in [0.3, 0.4) is 0 Å². The van der Waals surface area contributed by atoms with Gasteiger partial charge >= 0.3 is 0 Å². The Morgan fingerprint density at radius 2 is 1.92 bits per heavy atom. The second kappa shape index (κ2) is 5.94. The fraction of sp³-hybridized carbons (Fsp3) is 0.0526. The Kier molecular flexibility index (Phi) is 3.63. The second-order valence-corrected chi connectivity index (χ2v) is 6.41. The first kappa shape index (κ1) is 14.7. The molecule has 0 aliphatic carbocycles. The topological polar surface area (TPSA) is 46.9 Å². The highest BCUT2D eigenvalue weighted by Gasteiger charge is 2.11. The number of anilines is 1. The summed E-state index contributed by atoms with van der Waals surface area (Å²) in [5.74, 6) is 0.821. The smallest absolute Gasteiger partial charge is 0.265 e. The van der Waals surface area contributed by atoms with Gasteiger partial charge in [0, 0.05) is 11.4 Å². The van der Waals surface area contributed by atoms with Crippen LogP contribution >= 0.6 is 11.3 Å². The first-order valence-corrected chi connectivity index (χ1v) is 8.50. The molecule has 2 aromatic carbocycles. The molecule has 5 heteroatoms. The normalized spacial score (nSPS) is 10.9. The Bertz CT molecular complexity index is 1000. The molecule has 0 bridgehead atoms. The van der Waals surface area contributed by atoms with Gasteiger partial charge in [0.1, 0.15) is 5.82 Å². The minimum Gasteiger partial charge on any atom is -0.321 e. The molecule has 2 heterocycles. The summed E-state index contributed by atoms with van der Waals surface area (Å²) < 4.78 is 2.11. The number of rotatable bonds is 3. The fourth-order valence-electron chi connectivity index (χ4n) is 2.78. The standard InChI is InChI=1S/C19H15N3OS/c1-13-20-16-12-14(21-19(23)18-8-5-11-24-18)9-10-17(16)22(13)15-6-3-2-4-7-15/h2-12H,1H3,(H,21,23). The molecule has 1 amide bonds. The number of carbonyl (C=O) groups is 1. The van der Waals surface area contributed by atoms with Crippen LogP contribution in [0, 0.1) is 6.92 Å². The van der Waals surface area contributed by atoms with E-state index in [1.165, 1.54) is 11.3 Å². The van der Waals surface area contributed by atoms with Crippen molar-refractivity contribution in [1.29, 1.82) is 0 Å². The highest BCUT2D eigenvalue weighted by Crippen LogP contribution is 2.24. The molecular weight excluding hydrogens is 318 g/mol. The quantitative estimate of drug-likeness (QED) is 0.593. The Morgan fingerprint density at radius 3 is 2.67 bits per heavy atom. The van der Waals surface area contributed by atoms with E-state index in [1.54, 1.807) is 0 Å². The van der Waals surface area contributed by atoms with Crippen molar-refractivity contribution >= 4 is 34.0 Å². The van der Waals surface area contributed by atoms with Gasteiger partial charge in [-0.05, 0) is 48.7 Å². The number of imidazole rings is 1. The van der Waals surface area contributed by atoms with E-state index in [0.717, 1.165) is 28.2 Å². The van der Waals surface area contributed by atoms with E-state index in [2.05, 4.69) is 27.0 Å². The highest BCUT2D eigenvalue weighted by molar-refractivity contribution is 7.12. The molecule has 0 atom stereocenters. The van der Waals surface area contributed by atoms with Crippen molar-refractivity contribution in [3.63, 3.8) is 0 Å². The molecule has 4 aromatic rings. The zero-order valence-electron chi connectivity index (χ0n) is 13.1. The Morgan fingerprint density at radius 1 is 1.08 bits per heavy atom. The lowest BCUT2D eigenvalue weighted by atomic mass is 10.2. The van der Waals surface area contributed by atoms with Gasteiger partial charge in [-0.1, -0.05) is 24.3 Å². The van der Waals surface area contributed by atoms with E-state index in [9.17, 15) is 4.79 Å². The van der Waals surface area contributed by atoms with Crippen molar-refractivity contribution in [3.8, 4) is 5.69 Å². The third kappa shape index (κ3) is 2.59. The number of carbonyl (C=O) groups excluding carboxylic acids is 1. The number of fused-ring (bicyclic) bond motifs is 1. The Balaban J connectivity index is 1.71.